The Labute approximate surface area is 125 Å². The second-order valence-electron chi connectivity index (χ2n) is 5.18. The van der Waals surface area contributed by atoms with Crippen molar-refractivity contribution in [2.75, 3.05) is 18.0 Å². The monoisotopic (exact) mass is 350 g/mol. The van der Waals surface area contributed by atoms with Crippen LogP contribution in [0.5, 0.6) is 0 Å². The molecule has 2 unspecified atom stereocenters. The van der Waals surface area contributed by atoms with E-state index in [-0.39, 0.29) is 10.5 Å². The highest BCUT2D eigenvalue weighted by Gasteiger charge is 2.34. The van der Waals surface area contributed by atoms with Crippen molar-refractivity contribution < 1.29 is 13.2 Å². The summed E-state index contributed by atoms with van der Waals surface area (Å²) in [6.07, 6.45) is -3.37. The maximum absolute atomic E-state index is 13.0. The Morgan fingerprint density at radius 2 is 2.10 bits per heavy atom. The Hall–Kier alpha value is -0.750. The number of hydrogen-bond donors (Lipinski definition) is 1. The Kier molecular flexibility index (Phi) is 4.64. The predicted octanol–water partition coefficient (Wildman–Crippen LogP) is 4.04. The van der Waals surface area contributed by atoms with Crippen LogP contribution >= 0.6 is 15.9 Å². The number of nitrogens with zero attached hydrogens (tertiary/aromatic N) is 1. The molecule has 0 amide bonds. The summed E-state index contributed by atoms with van der Waals surface area (Å²) >= 11 is 2.98. The lowest BCUT2D eigenvalue weighted by Gasteiger charge is -2.40. The number of rotatable bonds is 2. The Morgan fingerprint density at radius 1 is 1.40 bits per heavy atom. The minimum absolute atomic E-state index is 0.0866. The van der Waals surface area contributed by atoms with Gasteiger partial charge >= 0.3 is 6.18 Å². The van der Waals surface area contributed by atoms with Crippen molar-refractivity contribution in [2.24, 2.45) is 0 Å². The first-order chi connectivity index (χ1) is 9.32. The van der Waals surface area contributed by atoms with Gasteiger partial charge in [-0.1, -0.05) is 22.9 Å². The summed E-state index contributed by atoms with van der Waals surface area (Å²) in [5.41, 5.74) is 0.0155. The van der Waals surface area contributed by atoms with Crippen LogP contribution in [0, 0.1) is 0 Å². The van der Waals surface area contributed by atoms with Gasteiger partial charge in [0.25, 0.3) is 0 Å². The molecule has 0 radical (unpaired) electrons. The fourth-order valence-corrected chi connectivity index (χ4v) is 2.94. The molecule has 2 rings (SSSR count). The van der Waals surface area contributed by atoms with Gasteiger partial charge in [0.05, 0.1) is 5.56 Å². The van der Waals surface area contributed by atoms with Gasteiger partial charge in [0, 0.05) is 35.3 Å². The molecule has 112 valence electrons. The molecule has 1 aromatic rings. The summed E-state index contributed by atoms with van der Waals surface area (Å²) in [5.74, 6) is 0. The molecule has 1 saturated heterocycles. The number of nitrogens with one attached hydrogen (secondary N) is 1. The molecular weight excluding hydrogens is 333 g/mol. The van der Waals surface area contributed by atoms with Gasteiger partial charge in [-0.05, 0) is 31.5 Å². The Morgan fingerprint density at radius 3 is 2.70 bits per heavy atom. The zero-order chi connectivity index (χ0) is 14.9. The lowest BCUT2D eigenvalue weighted by Crippen LogP contribution is -2.55. The molecule has 0 saturated carbocycles. The average molecular weight is 351 g/mol. The van der Waals surface area contributed by atoms with Crippen molar-refractivity contribution in [3.05, 3.63) is 28.2 Å². The normalized spacial score (nSPS) is 24.0. The van der Waals surface area contributed by atoms with Crippen molar-refractivity contribution in [3.63, 3.8) is 0 Å². The average Bonchev–Trinajstić information content (AvgIpc) is 2.39. The van der Waals surface area contributed by atoms with Gasteiger partial charge < -0.3 is 10.2 Å². The number of anilines is 1. The van der Waals surface area contributed by atoms with Crippen LogP contribution in [-0.2, 0) is 6.18 Å². The van der Waals surface area contributed by atoms with Crippen molar-refractivity contribution in [3.8, 4) is 0 Å². The molecule has 1 fully saturated rings. The third-order valence-electron chi connectivity index (χ3n) is 3.73. The maximum atomic E-state index is 13.0. The van der Waals surface area contributed by atoms with E-state index in [0.717, 1.165) is 19.5 Å². The fourth-order valence-electron chi connectivity index (χ4n) is 2.47. The molecule has 1 N–H and O–H groups in total. The summed E-state index contributed by atoms with van der Waals surface area (Å²) in [4.78, 5) is 2.05. The van der Waals surface area contributed by atoms with E-state index in [0.29, 0.717) is 11.7 Å². The number of piperazine rings is 1. The SMILES string of the molecule is CCC1CN(c2ccc(Br)c(C(F)(F)F)c2)C(C)CN1. The van der Waals surface area contributed by atoms with E-state index in [1.165, 1.54) is 12.1 Å². The first kappa shape index (κ1) is 15.6. The van der Waals surface area contributed by atoms with E-state index in [1.807, 2.05) is 11.8 Å². The molecule has 20 heavy (non-hydrogen) atoms. The van der Waals surface area contributed by atoms with Crippen LogP contribution in [0.4, 0.5) is 18.9 Å². The summed E-state index contributed by atoms with van der Waals surface area (Å²) in [7, 11) is 0. The molecule has 1 heterocycles. The van der Waals surface area contributed by atoms with Gasteiger partial charge in [-0.2, -0.15) is 13.2 Å². The van der Waals surface area contributed by atoms with E-state index in [9.17, 15) is 13.2 Å². The standard InChI is InChI=1S/C14H18BrF3N2/c1-3-10-8-20(9(2)7-19-10)11-4-5-13(15)12(6-11)14(16,17)18/h4-6,9-10,19H,3,7-8H2,1-2H3. The van der Waals surface area contributed by atoms with E-state index in [4.69, 9.17) is 0 Å². The van der Waals surface area contributed by atoms with Crippen molar-refractivity contribution in [1.82, 2.24) is 5.32 Å². The highest BCUT2D eigenvalue weighted by atomic mass is 79.9. The zero-order valence-electron chi connectivity index (χ0n) is 11.5. The molecule has 1 aliphatic rings. The van der Waals surface area contributed by atoms with E-state index >= 15 is 0 Å². The number of halogens is 4. The largest absolute Gasteiger partial charge is 0.417 e. The molecule has 0 spiro atoms. The van der Waals surface area contributed by atoms with E-state index in [1.54, 1.807) is 6.07 Å². The molecule has 1 aromatic carbocycles. The summed E-state index contributed by atoms with van der Waals surface area (Å²) < 4.78 is 39.0. The Bertz CT molecular complexity index is 476. The van der Waals surface area contributed by atoms with Crippen LogP contribution in [0.25, 0.3) is 0 Å². The lowest BCUT2D eigenvalue weighted by molar-refractivity contribution is -0.138. The molecule has 6 heteroatoms. The lowest BCUT2D eigenvalue weighted by atomic mass is 10.1. The summed E-state index contributed by atoms with van der Waals surface area (Å²) in [6.45, 7) is 5.62. The molecule has 0 aromatic heterocycles. The van der Waals surface area contributed by atoms with Crippen LogP contribution in [0.1, 0.15) is 25.8 Å². The number of benzene rings is 1. The summed E-state index contributed by atoms with van der Waals surface area (Å²) in [6, 6.07) is 4.96. The van der Waals surface area contributed by atoms with Crippen molar-refractivity contribution >= 4 is 21.6 Å². The second kappa shape index (κ2) is 5.93. The van der Waals surface area contributed by atoms with E-state index < -0.39 is 11.7 Å². The fraction of sp³-hybridized carbons (Fsp3) is 0.571. The Balaban J connectivity index is 2.32. The van der Waals surface area contributed by atoms with Crippen LogP contribution in [0.2, 0.25) is 0 Å². The summed E-state index contributed by atoms with van der Waals surface area (Å²) in [5, 5.41) is 3.40. The smallest absolute Gasteiger partial charge is 0.366 e. The highest BCUT2D eigenvalue weighted by Crippen LogP contribution is 2.37. The molecule has 2 nitrogen and oxygen atoms in total. The minimum Gasteiger partial charge on any atom is -0.366 e. The third kappa shape index (κ3) is 3.28. The first-order valence-electron chi connectivity index (χ1n) is 6.69. The molecule has 0 bridgehead atoms. The topological polar surface area (TPSA) is 15.3 Å². The van der Waals surface area contributed by atoms with Gasteiger partial charge in [0.1, 0.15) is 0 Å². The zero-order valence-corrected chi connectivity index (χ0v) is 13.1. The highest BCUT2D eigenvalue weighted by molar-refractivity contribution is 9.10. The van der Waals surface area contributed by atoms with Gasteiger partial charge in [0.2, 0.25) is 0 Å². The van der Waals surface area contributed by atoms with Crippen molar-refractivity contribution in [2.45, 2.75) is 38.5 Å². The molecule has 1 aliphatic heterocycles. The first-order valence-corrected chi connectivity index (χ1v) is 7.49. The van der Waals surface area contributed by atoms with Crippen LogP contribution in [0.3, 0.4) is 0 Å². The second-order valence-corrected chi connectivity index (χ2v) is 6.03. The van der Waals surface area contributed by atoms with Crippen LogP contribution < -0.4 is 10.2 Å². The molecular formula is C14H18BrF3N2. The van der Waals surface area contributed by atoms with Gasteiger partial charge in [-0.3, -0.25) is 0 Å². The van der Waals surface area contributed by atoms with Crippen LogP contribution in [-0.4, -0.2) is 25.2 Å². The maximum Gasteiger partial charge on any atom is 0.417 e. The minimum atomic E-state index is -4.34. The molecule has 0 aliphatic carbocycles. The van der Waals surface area contributed by atoms with Crippen molar-refractivity contribution in [1.29, 1.82) is 0 Å². The molecule has 2 atom stereocenters. The number of hydrogen-bond acceptors (Lipinski definition) is 2. The van der Waals surface area contributed by atoms with E-state index in [2.05, 4.69) is 28.2 Å². The third-order valence-corrected chi connectivity index (χ3v) is 4.42. The van der Waals surface area contributed by atoms with Gasteiger partial charge in [0.15, 0.2) is 0 Å². The van der Waals surface area contributed by atoms with Gasteiger partial charge in [-0.15, -0.1) is 0 Å². The van der Waals surface area contributed by atoms with Crippen LogP contribution in [0.15, 0.2) is 22.7 Å². The number of alkyl halides is 3. The predicted molar refractivity (Wildman–Crippen MR) is 78.0 cm³/mol. The quantitative estimate of drug-likeness (QED) is 0.865. The van der Waals surface area contributed by atoms with Gasteiger partial charge in [-0.25, -0.2) is 0 Å².